The number of benzene rings is 2. The van der Waals surface area contributed by atoms with Crippen LogP contribution in [0.5, 0.6) is 5.75 Å². The summed E-state index contributed by atoms with van der Waals surface area (Å²) in [7, 11) is 1.69. The molecule has 1 atom stereocenters. The summed E-state index contributed by atoms with van der Waals surface area (Å²) in [4.78, 5) is 0. The largest absolute Gasteiger partial charge is 0.497 e. The van der Waals surface area contributed by atoms with E-state index in [1.807, 2.05) is 12.1 Å². The fourth-order valence-electron chi connectivity index (χ4n) is 3.18. The van der Waals surface area contributed by atoms with Gasteiger partial charge in [-0.2, -0.15) is 0 Å². The molecule has 1 aliphatic carbocycles. The average molecular weight is 282 g/mol. The average Bonchev–Trinajstić information content (AvgIpc) is 2.53. The van der Waals surface area contributed by atoms with Crippen LogP contribution in [0.15, 0.2) is 48.5 Å². The maximum absolute atomic E-state index is 10.9. The van der Waals surface area contributed by atoms with Gasteiger partial charge in [0.2, 0.25) is 0 Å². The Hall–Kier alpha value is -1.80. The van der Waals surface area contributed by atoms with Crippen LogP contribution in [0.1, 0.15) is 29.5 Å². The Kier molecular flexibility index (Phi) is 3.98. The monoisotopic (exact) mass is 282 g/mol. The predicted octanol–water partition coefficient (Wildman–Crippen LogP) is 3.55. The Bertz CT molecular complexity index is 606. The van der Waals surface area contributed by atoms with E-state index in [9.17, 15) is 5.11 Å². The highest BCUT2D eigenvalue weighted by atomic mass is 16.5. The molecule has 3 rings (SSSR count). The van der Waals surface area contributed by atoms with E-state index < -0.39 is 5.60 Å². The summed E-state index contributed by atoms with van der Waals surface area (Å²) in [5.74, 6) is 0.876. The van der Waals surface area contributed by atoms with Gasteiger partial charge < -0.3 is 9.84 Å². The van der Waals surface area contributed by atoms with Gasteiger partial charge in [-0.15, -0.1) is 0 Å². The van der Waals surface area contributed by atoms with Crippen LogP contribution in [-0.2, 0) is 19.3 Å². The summed E-state index contributed by atoms with van der Waals surface area (Å²) in [6, 6.07) is 16.6. The van der Waals surface area contributed by atoms with E-state index in [1.54, 1.807) is 7.11 Å². The fourth-order valence-corrected chi connectivity index (χ4v) is 3.18. The van der Waals surface area contributed by atoms with Crippen LogP contribution in [0.25, 0.3) is 0 Å². The quantitative estimate of drug-likeness (QED) is 0.929. The molecule has 110 valence electrons. The van der Waals surface area contributed by atoms with Crippen LogP contribution in [-0.4, -0.2) is 17.8 Å². The highest BCUT2D eigenvalue weighted by molar-refractivity contribution is 5.38. The van der Waals surface area contributed by atoms with Crippen molar-refractivity contribution in [3.8, 4) is 5.75 Å². The third-order valence-electron chi connectivity index (χ3n) is 4.51. The molecule has 2 nitrogen and oxygen atoms in total. The summed E-state index contributed by atoms with van der Waals surface area (Å²) in [5.41, 5.74) is 3.29. The van der Waals surface area contributed by atoms with Crippen molar-refractivity contribution in [3.63, 3.8) is 0 Å². The highest BCUT2D eigenvalue weighted by Crippen LogP contribution is 2.33. The molecule has 2 aromatic rings. The van der Waals surface area contributed by atoms with Crippen molar-refractivity contribution in [1.82, 2.24) is 0 Å². The smallest absolute Gasteiger partial charge is 0.119 e. The zero-order valence-electron chi connectivity index (χ0n) is 12.5. The lowest BCUT2D eigenvalue weighted by molar-refractivity contribution is 0.0181. The van der Waals surface area contributed by atoms with Crippen LogP contribution >= 0.6 is 0 Å². The maximum Gasteiger partial charge on any atom is 0.119 e. The van der Waals surface area contributed by atoms with Crippen LogP contribution in [0.3, 0.4) is 0 Å². The van der Waals surface area contributed by atoms with Crippen LogP contribution in [0.2, 0.25) is 0 Å². The number of fused-ring (bicyclic) bond motifs is 1. The summed E-state index contributed by atoms with van der Waals surface area (Å²) in [6.45, 7) is 0. The molecule has 0 spiro atoms. The van der Waals surface area contributed by atoms with Crippen molar-refractivity contribution in [3.05, 3.63) is 65.2 Å². The van der Waals surface area contributed by atoms with Crippen LogP contribution in [0.4, 0.5) is 0 Å². The molecule has 2 aromatic carbocycles. The molecule has 0 aromatic heterocycles. The molecule has 21 heavy (non-hydrogen) atoms. The normalized spacial score (nSPS) is 20.9. The molecule has 1 aliphatic rings. The minimum Gasteiger partial charge on any atom is -0.497 e. The fraction of sp³-hybridized carbons (Fsp3) is 0.368. The van der Waals surface area contributed by atoms with E-state index in [-0.39, 0.29) is 0 Å². The van der Waals surface area contributed by atoms with Crippen molar-refractivity contribution < 1.29 is 9.84 Å². The van der Waals surface area contributed by atoms with E-state index >= 15 is 0 Å². The Labute approximate surface area is 126 Å². The van der Waals surface area contributed by atoms with Crippen molar-refractivity contribution in [2.24, 2.45) is 0 Å². The molecule has 0 radical (unpaired) electrons. The first kappa shape index (κ1) is 14.2. The van der Waals surface area contributed by atoms with Crippen LogP contribution < -0.4 is 4.74 Å². The van der Waals surface area contributed by atoms with Gasteiger partial charge in [0, 0.05) is 6.42 Å². The molecular formula is C19H22O2. The van der Waals surface area contributed by atoms with Gasteiger partial charge in [-0.3, -0.25) is 0 Å². The van der Waals surface area contributed by atoms with Gasteiger partial charge in [0.05, 0.1) is 12.7 Å². The molecule has 0 saturated heterocycles. The molecule has 2 heteroatoms. The lowest BCUT2D eigenvalue weighted by Crippen LogP contribution is -2.36. The minimum atomic E-state index is -0.588. The molecule has 0 amide bonds. The van der Waals surface area contributed by atoms with Gasteiger partial charge >= 0.3 is 0 Å². The first-order valence-electron chi connectivity index (χ1n) is 7.61. The van der Waals surface area contributed by atoms with Gasteiger partial charge in [-0.1, -0.05) is 36.4 Å². The molecular weight excluding hydrogens is 260 g/mol. The van der Waals surface area contributed by atoms with Gasteiger partial charge in [-0.05, 0) is 54.5 Å². The van der Waals surface area contributed by atoms with E-state index in [4.69, 9.17) is 4.74 Å². The second-order valence-corrected chi connectivity index (χ2v) is 6.02. The second-order valence-electron chi connectivity index (χ2n) is 6.02. The zero-order chi connectivity index (χ0) is 14.7. The van der Waals surface area contributed by atoms with E-state index in [0.29, 0.717) is 0 Å². The van der Waals surface area contributed by atoms with Crippen LogP contribution in [0, 0.1) is 0 Å². The molecule has 0 heterocycles. The number of aliphatic hydroxyl groups is 1. The molecule has 0 fully saturated rings. The summed E-state index contributed by atoms with van der Waals surface area (Å²) >= 11 is 0. The van der Waals surface area contributed by atoms with E-state index in [0.717, 1.165) is 37.9 Å². The molecule has 1 unspecified atom stereocenters. The molecule has 0 aliphatic heterocycles. The molecule has 0 saturated carbocycles. The minimum absolute atomic E-state index is 0.588. The SMILES string of the molecule is COc1ccc2c(c1)CC(O)(CCc1ccccc1)CC2. The van der Waals surface area contributed by atoms with Gasteiger partial charge in [-0.25, -0.2) is 0 Å². The number of aryl methyl sites for hydroxylation is 2. The lowest BCUT2D eigenvalue weighted by atomic mass is 9.77. The first-order valence-corrected chi connectivity index (χ1v) is 7.61. The Morgan fingerprint density at radius 3 is 2.67 bits per heavy atom. The van der Waals surface area contributed by atoms with Crippen molar-refractivity contribution in [1.29, 1.82) is 0 Å². The topological polar surface area (TPSA) is 29.5 Å². The zero-order valence-corrected chi connectivity index (χ0v) is 12.5. The number of hydrogen-bond donors (Lipinski definition) is 1. The first-order chi connectivity index (χ1) is 10.2. The maximum atomic E-state index is 10.9. The van der Waals surface area contributed by atoms with Gasteiger partial charge in [0.15, 0.2) is 0 Å². The van der Waals surface area contributed by atoms with Crippen molar-refractivity contribution >= 4 is 0 Å². The Morgan fingerprint density at radius 1 is 1.10 bits per heavy atom. The molecule has 0 bridgehead atoms. The summed E-state index contributed by atoms with van der Waals surface area (Å²) in [6.07, 6.45) is 4.26. The second kappa shape index (κ2) is 5.90. The summed E-state index contributed by atoms with van der Waals surface area (Å²) in [5, 5.41) is 10.9. The number of ether oxygens (including phenoxy) is 1. The number of methoxy groups -OCH3 is 1. The van der Waals surface area contributed by atoms with Crippen molar-refractivity contribution in [2.45, 2.75) is 37.7 Å². The van der Waals surface area contributed by atoms with E-state index in [2.05, 4.69) is 36.4 Å². The third kappa shape index (κ3) is 3.27. The van der Waals surface area contributed by atoms with Gasteiger partial charge in [0.25, 0.3) is 0 Å². The van der Waals surface area contributed by atoms with Crippen molar-refractivity contribution in [2.75, 3.05) is 7.11 Å². The molecule has 1 N–H and O–H groups in total. The highest BCUT2D eigenvalue weighted by Gasteiger charge is 2.31. The Morgan fingerprint density at radius 2 is 1.90 bits per heavy atom. The van der Waals surface area contributed by atoms with Gasteiger partial charge in [0.1, 0.15) is 5.75 Å². The standard InChI is InChI=1S/C19H22O2/c1-21-18-8-7-16-10-12-19(20,14-17(16)13-18)11-9-15-5-3-2-4-6-15/h2-8,13,20H,9-12,14H2,1H3. The summed E-state index contributed by atoms with van der Waals surface area (Å²) < 4.78 is 5.30. The number of rotatable bonds is 4. The Balaban J connectivity index is 1.71. The number of hydrogen-bond acceptors (Lipinski definition) is 2. The van der Waals surface area contributed by atoms with E-state index in [1.165, 1.54) is 16.7 Å². The predicted molar refractivity (Wildman–Crippen MR) is 84.7 cm³/mol. The third-order valence-corrected chi connectivity index (χ3v) is 4.51. The lowest BCUT2D eigenvalue weighted by Gasteiger charge is -2.34.